The Morgan fingerprint density at radius 3 is 2.19 bits per heavy atom. The number of benzene rings is 1. The van der Waals surface area contributed by atoms with E-state index in [0.29, 0.717) is 17.2 Å². The van der Waals surface area contributed by atoms with Gasteiger partial charge in [-0.2, -0.15) is 0 Å². The average molecular weight is 292 g/mol. The molecule has 1 aliphatic rings. The molecule has 21 heavy (non-hydrogen) atoms. The van der Waals surface area contributed by atoms with Crippen LogP contribution in [0.4, 0.5) is 11.4 Å². The highest BCUT2D eigenvalue weighted by Gasteiger charge is 2.20. The zero-order valence-corrected chi connectivity index (χ0v) is 13.4. The second kappa shape index (κ2) is 7.43. The molecule has 118 valence electrons. The summed E-state index contributed by atoms with van der Waals surface area (Å²) in [5, 5.41) is 3.48. The van der Waals surface area contributed by atoms with Crippen LogP contribution in [0.3, 0.4) is 0 Å². The van der Waals surface area contributed by atoms with E-state index in [2.05, 4.69) is 12.2 Å². The quantitative estimate of drug-likeness (QED) is 0.780. The van der Waals surface area contributed by atoms with Crippen LogP contribution in [0.1, 0.15) is 39.0 Å². The Morgan fingerprint density at radius 1 is 1.05 bits per heavy atom. The van der Waals surface area contributed by atoms with E-state index < -0.39 is 0 Å². The summed E-state index contributed by atoms with van der Waals surface area (Å²) in [6.07, 6.45) is 6.69. The zero-order chi connectivity index (χ0) is 15.2. The van der Waals surface area contributed by atoms with Crippen LogP contribution in [0.5, 0.6) is 11.5 Å². The standard InChI is InChI=1S/C17H28N2O2/c1-4-12-5-7-13(8-6-12)11-19-15-10-17(21-3)16(20-2)9-14(15)18/h9-10,12-13,19H,4-8,11,18H2,1-3H3. The number of rotatable bonds is 6. The molecule has 0 spiro atoms. The molecule has 0 bridgehead atoms. The molecular weight excluding hydrogens is 264 g/mol. The molecule has 1 fully saturated rings. The number of nitrogens with one attached hydrogen (secondary N) is 1. The van der Waals surface area contributed by atoms with E-state index in [9.17, 15) is 0 Å². The van der Waals surface area contributed by atoms with Gasteiger partial charge in [0, 0.05) is 18.7 Å². The molecule has 0 amide bonds. The van der Waals surface area contributed by atoms with Gasteiger partial charge < -0.3 is 20.5 Å². The molecule has 0 atom stereocenters. The number of hydrogen-bond donors (Lipinski definition) is 2. The Bertz CT molecular complexity index is 454. The molecule has 4 heteroatoms. The number of anilines is 2. The van der Waals surface area contributed by atoms with Crippen molar-refractivity contribution in [2.45, 2.75) is 39.0 Å². The lowest BCUT2D eigenvalue weighted by Crippen LogP contribution is -2.21. The average Bonchev–Trinajstić information content (AvgIpc) is 2.53. The van der Waals surface area contributed by atoms with Crippen LogP contribution in [0.15, 0.2) is 12.1 Å². The van der Waals surface area contributed by atoms with Crippen molar-refractivity contribution in [3.05, 3.63) is 12.1 Å². The second-order valence-electron chi connectivity index (χ2n) is 5.97. The van der Waals surface area contributed by atoms with Crippen molar-refractivity contribution in [1.29, 1.82) is 0 Å². The maximum Gasteiger partial charge on any atom is 0.162 e. The lowest BCUT2D eigenvalue weighted by molar-refractivity contribution is 0.278. The fourth-order valence-electron chi connectivity index (χ4n) is 3.15. The normalized spacial score (nSPS) is 21.9. The van der Waals surface area contributed by atoms with Crippen LogP contribution in [0.25, 0.3) is 0 Å². The van der Waals surface area contributed by atoms with E-state index in [1.54, 1.807) is 14.2 Å². The largest absolute Gasteiger partial charge is 0.493 e. The van der Waals surface area contributed by atoms with Crippen LogP contribution in [0, 0.1) is 11.8 Å². The first-order valence-electron chi connectivity index (χ1n) is 7.93. The van der Waals surface area contributed by atoms with Crippen molar-refractivity contribution in [1.82, 2.24) is 0 Å². The van der Waals surface area contributed by atoms with Crippen molar-refractivity contribution in [3.8, 4) is 11.5 Å². The summed E-state index contributed by atoms with van der Waals surface area (Å²) in [5.41, 5.74) is 7.72. The number of nitrogen functional groups attached to an aromatic ring is 1. The molecule has 1 saturated carbocycles. The van der Waals surface area contributed by atoms with Gasteiger partial charge in [0.25, 0.3) is 0 Å². The third-order valence-electron chi connectivity index (χ3n) is 4.68. The predicted molar refractivity (Wildman–Crippen MR) is 88.2 cm³/mol. The summed E-state index contributed by atoms with van der Waals surface area (Å²) < 4.78 is 10.6. The minimum atomic E-state index is 0.670. The van der Waals surface area contributed by atoms with Gasteiger partial charge in [-0.25, -0.2) is 0 Å². The van der Waals surface area contributed by atoms with Gasteiger partial charge in [0.15, 0.2) is 11.5 Å². The molecule has 0 aliphatic heterocycles. The molecule has 2 rings (SSSR count). The maximum atomic E-state index is 6.08. The Hall–Kier alpha value is -1.58. The first-order valence-corrected chi connectivity index (χ1v) is 7.93. The molecule has 3 N–H and O–H groups in total. The third-order valence-corrected chi connectivity index (χ3v) is 4.68. The van der Waals surface area contributed by atoms with Crippen LogP contribution < -0.4 is 20.5 Å². The smallest absolute Gasteiger partial charge is 0.162 e. The third kappa shape index (κ3) is 3.96. The molecule has 0 aromatic heterocycles. The van der Waals surface area contributed by atoms with Gasteiger partial charge in [0.2, 0.25) is 0 Å². The lowest BCUT2D eigenvalue weighted by atomic mass is 9.81. The van der Waals surface area contributed by atoms with Crippen molar-refractivity contribution >= 4 is 11.4 Å². The Labute approximate surface area is 128 Å². The molecule has 0 unspecified atom stereocenters. The van der Waals surface area contributed by atoms with E-state index in [-0.39, 0.29) is 0 Å². The van der Waals surface area contributed by atoms with E-state index in [1.807, 2.05) is 12.1 Å². The van der Waals surface area contributed by atoms with Gasteiger partial charge in [-0.15, -0.1) is 0 Å². The van der Waals surface area contributed by atoms with Crippen LogP contribution >= 0.6 is 0 Å². The molecule has 4 nitrogen and oxygen atoms in total. The second-order valence-corrected chi connectivity index (χ2v) is 5.97. The first-order chi connectivity index (χ1) is 10.2. The van der Waals surface area contributed by atoms with Gasteiger partial charge in [-0.3, -0.25) is 0 Å². The van der Waals surface area contributed by atoms with Crippen molar-refractivity contribution in [3.63, 3.8) is 0 Å². The minimum absolute atomic E-state index is 0.670. The van der Waals surface area contributed by atoms with Crippen molar-refractivity contribution < 1.29 is 9.47 Å². The topological polar surface area (TPSA) is 56.5 Å². The van der Waals surface area contributed by atoms with Crippen molar-refractivity contribution in [2.75, 3.05) is 31.8 Å². The highest BCUT2D eigenvalue weighted by atomic mass is 16.5. The summed E-state index contributed by atoms with van der Waals surface area (Å²) in [7, 11) is 3.26. The van der Waals surface area contributed by atoms with Crippen LogP contribution in [-0.4, -0.2) is 20.8 Å². The van der Waals surface area contributed by atoms with E-state index in [0.717, 1.165) is 24.1 Å². The predicted octanol–water partition coefficient (Wildman–Crippen LogP) is 3.91. The molecule has 0 radical (unpaired) electrons. The van der Waals surface area contributed by atoms with Crippen LogP contribution in [-0.2, 0) is 0 Å². The molecule has 1 aromatic carbocycles. The molecule has 1 aliphatic carbocycles. The first kappa shape index (κ1) is 15.8. The SMILES string of the molecule is CCC1CCC(CNc2cc(OC)c(OC)cc2N)CC1. The molecule has 1 aromatic rings. The van der Waals surface area contributed by atoms with Gasteiger partial charge in [-0.1, -0.05) is 26.2 Å². The van der Waals surface area contributed by atoms with E-state index in [1.165, 1.54) is 32.1 Å². The summed E-state index contributed by atoms with van der Waals surface area (Å²) in [5.74, 6) is 3.07. The summed E-state index contributed by atoms with van der Waals surface area (Å²) in [6, 6.07) is 3.74. The summed E-state index contributed by atoms with van der Waals surface area (Å²) in [4.78, 5) is 0. The number of methoxy groups -OCH3 is 2. The number of ether oxygens (including phenoxy) is 2. The zero-order valence-electron chi connectivity index (χ0n) is 13.4. The van der Waals surface area contributed by atoms with Gasteiger partial charge in [0.05, 0.1) is 25.6 Å². The van der Waals surface area contributed by atoms with Crippen molar-refractivity contribution in [2.24, 2.45) is 11.8 Å². The van der Waals surface area contributed by atoms with E-state index in [4.69, 9.17) is 15.2 Å². The maximum absolute atomic E-state index is 6.08. The van der Waals surface area contributed by atoms with Gasteiger partial charge in [-0.05, 0) is 24.7 Å². The highest BCUT2D eigenvalue weighted by Crippen LogP contribution is 2.36. The fraction of sp³-hybridized carbons (Fsp3) is 0.647. The molecule has 0 saturated heterocycles. The van der Waals surface area contributed by atoms with Crippen LogP contribution in [0.2, 0.25) is 0 Å². The minimum Gasteiger partial charge on any atom is -0.493 e. The molecular formula is C17H28N2O2. The molecule has 0 heterocycles. The Balaban J connectivity index is 1.94. The van der Waals surface area contributed by atoms with Gasteiger partial charge in [0.1, 0.15) is 0 Å². The number of nitrogens with two attached hydrogens (primary N) is 1. The Morgan fingerprint density at radius 2 is 1.62 bits per heavy atom. The summed E-state index contributed by atoms with van der Waals surface area (Å²) in [6.45, 7) is 3.28. The highest BCUT2D eigenvalue weighted by molar-refractivity contribution is 5.72. The Kier molecular flexibility index (Phi) is 5.59. The lowest BCUT2D eigenvalue weighted by Gasteiger charge is -2.28. The van der Waals surface area contributed by atoms with Gasteiger partial charge >= 0.3 is 0 Å². The number of hydrogen-bond acceptors (Lipinski definition) is 4. The monoisotopic (exact) mass is 292 g/mol. The van der Waals surface area contributed by atoms with E-state index >= 15 is 0 Å². The fourth-order valence-corrected chi connectivity index (χ4v) is 3.15. The summed E-state index contributed by atoms with van der Waals surface area (Å²) >= 11 is 0.